The molecule has 0 aliphatic carbocycles. The van der Waals surface area contributed by atoms with Crippen LogP contribution < -0.4 is 5.32 Å². The zero-order chi connectivity index (χ0) is 19.3. The van der Waals surface area contributed by atoms with Gasteiger partial charge in [0.05, 0.1) is 18.2 Å². The number of piperidine rings is 1. The molecule has 1 unspecified atom stereocenters. The molecule has 0 spiro atoms. The van der Waals surface area contributed by atoms with E-state index in [2.05, 4.69) is 27.0 Å². The number of aryl methyl sites for hydroxylation is 2. The Morgan fingerprint density at radius 2 is 2.14 bits per heavy atom. The van der Waals surface area contributed by atoms with Gasteiger partial charge in [-0.25, -0.2) is 4.98 Å². The predicted molar refractivity (Wildman–Crippen MR) is 109 cm³/mol. The lowest BCUT2D eigenvalue weighted by molar-refractivity contribution is -0.138. The van der Waals surface area contributed by atoms with Crippen LogP contribution in [0.5, 0.6) is 0 Å². The number of rotatable bonds is 7. The lowest BCUT2D eigenvalue weighted by Crippen LogP contribution is -2.46. The zero-order valence-corrected chi connectivity index (χ0v) is 16.8. The predicted octanol–water partition coefficient (Wildman–Crippen LogP) is 2.48. The van der Waals surface area contributed by atoms with Crippen LogP contribution in [0.25, 0.3) is 0 Å². The number of aromatic nitrogens is 2. The summed E-state index contributed by atoms with van der Waals surface area (Å²) in [6, 6.07) is 10.3. The number of thioether (sulfide) groups is 1. The Hall–Kier alpha value is -2.28. The molecule has 6 nitrogen and oxygen atoms in total. The standard InChI is InChI=1S/C21H26N4O2S/c26-19-9-8-17(14-24(19)10-4-7-16-5-2-1-3-6-16)20(27)22-13-18-15-25-11-12-28-21(25)23-18/h1-3,5-6,15,17H,4,7-14H2,(H,22,27). The molecule has 1 aromatic carbocycles. The Balaban J connectivity index is 1.24. The maximum Gasteiger partial charge on any atom is 0.225 e. The summed E-state index contributed by atoms with van der Waals surface area (Å²) in [7, 11) is 0. The average molecular weight is 399 g/mol. The van der Waals surface area contributed by atoms with E-state index < -0.39 is 0 Å². The van der Waals surface area contributed by atoms with E-state index in [4.69, 9.17) is 0 Å². The molecule has 1 saturated heterocycles. The Morgan fingerprint density at radius 3 is 2.96 bits per heavy atom. The van der Waals surface area contributed by atoms with Gasteiger partial charge in [0, 0.05) is 38.0 Å². The van der Waals surface area contributed by atoms with Crippen molar-refractivity contribution in [3.05, 3.63) is 47.8 Å². The molecule has 1 fully saturated rings. The number of fused-ring (bicyclic) bond motifs is 1. The molecule has 0 saturated carbocycles. The van der Waals surface area contributed by atoms with Gasteiger partial charge in [-0.1, -0.05) is 42.1 Å². The molecule has 0 bridgehead atoms. The molecular weight excluding hydrogens is 372 g/mol. The van der Waals surface area contributed by atoms with Crippen molar-refractivity contribution in [1.82, 2.24) is 19.8 Å². The van der Waals surface area contributed by atoms with Crippen molar-refractivity contribution in [3.8, 4) is 0 Å². The molecule has 148 valence electrons. The summed E-state index contributed by atoms with van der Waals surface area (Å²) in [6.45, 7) is 2.68. The molecule has 2 aromatic rings. The van der Waals surface area contributed by atoms with Crippen LogP contribution in [0.1, 0.15) is 30.5 Å². The Kier molecular flexibility index (Phi) is 6.00. The van der Waals surface area contributed by atoms with Gasteiger partial charge in [0.2, 0.25) is 11.8 Å². The molecule has 2 amide bonds. The minimum atomic E-state index is -0.127. The summed E-state index contributed by atoms with van der Waals surface area (Å²) in [6.07, 6.45) is 4.98. The maximum atomic E-state index is 12.6. The number of benzene rings is 1. The van der Waals surface area contributed by atoms with Gasteiger partial charge in [0.15, 0.2) is 5.16 Å². The second-order valence-corrected chi connectivity index (χ2v) is 8.50. The third kappa shape index (κ3) is 4.58. The van der Waals surface area contributed by atoms with E-state index in [0.717, 1.165) is 36.0 Å². The van der Waals surface area contributed by atoms with E-state index in [1.807, 2.05) is 29.3 Å². The van der Waals surface area contributed by atoms with Crippen LogP contribution >= 0.6 is 11.8 Å². The van der Waals surface area contributed by atoms with Crippen LogP contribution in [-0.4, -0.2) is 45.1 Å². The molecule has 2 aliphatic heterocycles. The fourth-order valence-electron chi connectivity index (χ4n) is 3.83. The Labute approximate surface area is 169 Å². The van der Waals surface area contributed by atoms with Crippen LogP contribution in [0.15, 0.2) is 41.7 Å². The number of likely N-dealkylation sites (tertiary alicyclic amines) is 1. The topological polar surface area (TPSA) is 67.2 Å². The van der Waals surface area contributed by atoms with Crippen LogP contribution in [0, 0.1) is 5.92 Å². The van der Waals surface area contributed by atoms with Crippen LogP contribution in [0.2, 0.25) is 0 Å². The van der Waals surface area contributed by atoms with Crippen LogP contribution in [0.3, 0.4) is 0 Å². The second kappa shape index (κ2) is 8.82. The van der Waals surface area contributed by atoms with Crippen molar-refractivity contribution >= 4 is 23.6 Å². The first-order valence-electron chi connectivity index (χ1n) is 9.97. The molecule has 1 atom stereocenters. The van der Waals surface area contributed by atoms with Crippen molar-refractivity contribution in [2.75, 3.05) is 18.8 Å². The fraction of sp³-hybridized carbons (Fsp3) is 0.476. The van der Waals surface area contributed by atoms with Gasteiger partial charge in [0.1, 0.15) is 0 Å². The normalized spacial score (nSPS) is 18.9. The molecule has 3 heterocycles. The fourth-order valence-corrected chi connectivity index (χ4v) is 4.79. The molecular formula is C21H26N4O2S. The summed E-state index contributed by atoms with van der Waals surface area (Å²) in [4.78, 5) is 31.3. The highest BCUT2D eigenvalue weighted by Gasteiger charge is 2.30. The number of hydrogen-bond donors (Lipinski definition) is 1. The van der Waals surface area contributed by atoms with Crippen LogP contribution in [0.4, 0.5) is 0 Å². The highest BCUT2D eigenvalue weighted by Crippen LogP contribution is 2.24. The second-order valence-electron chi connectivity index (χ2n) is 7.44. The van der Waals surface area contributed by atoms with Gasteiger partial charge < -0.3 is 14.8 Å². The molecule has 4 rings (SSSR count). The molecule has 28 heavy (non-hydrogen) atoms. The van der Waals surface area contributed by atoms with Crippen molar-refractivity contribution in [2.24, 2.45) is 5.92 Å². The van der Waals surface area contributed by atoms with Crippen molar-refractivity contribution in [2.45, 2.75) is 43.9 Å². The van der Waals surface area contributed by atoms with Gasteiger partial charge in [-0.15, -0.1) is 0 Å². The maximum absolute atomic E-state index is 12.6. The smallest absolute Gasteiger partial charge is 0.225 e. The average Bonchev–Trinajstić information content (AvgIpc) is 3.30. The number of hydrogen-bond acceptors (Lipinski definition) is 4. The Morgan fingerprint density at radius 1 is 1.29 bits per heavy atom. The molecule has 1 N–H and O–H groups in total. The summed E-state index contributed by atoms with van der Waals surface area (Å²) >= 11 is 1.75. The minimum Gasteiger partial charge on any atom is -0.350 e. The number of carbonyl (C=O) groups is 2. The summed E-state index contributed by atoms with van der Waals surface area (Å²) in [5.74, 6) is 1.14. The largest absolute Gasteiger partial charge is 0.350 e. The van der Waals surface area contributed by atoms with Crippen molar-refractivity contribution in [1.29, 1.82) is 0 Å². The Bertz CT molecular complexity index is 815. The molecule has 0 radical (unpaired) electrons. The van der Waals surface area contributed by atoms with E-state index in [1.54, 1.807) is 11.8 Å². The quantitative estimate of drug-likeness (QED) is 0.778. The van der Waals surface area contributed by atoms with Gasteiger partial charge in [-0.2, -0.15) is 0 Å². The summed E-state index contributed by atoms with van der Waals surface area (Å²) in [5.41, 5.74) is 2.19. The first kappa shape index (κ1) is 19.1. The minimum absolute atomic E-state index is 0.0290. The number of amides is 2. The number of nitrogens with zero attached hydrogens (tertiary/aromatic N) is 3. The molecule has 2 aliphatic rings. The number of carbonyl (C=O) groups excluding carboxylic acids is 2. The molecule has 7 heteroatoms. The first-order chi connectivity index (χ1) is 13.7. The lowest BCUT2D eigenvalue weighted by Gasteiger charge is -2.32. The third-order valence-corrected chi connectivity index (χ3v) is 6.37. The molecule has 1 aromatic heterocycles. The van der Waals surface area contributed by atoms with E-state index in [9.17, 15) is 9.59 Å². The van der Waals surface area contributed by atoms with Gasteiger partial charge >= 0.3 is 0 Å². The van der Waals surface area contributed by atoms with E-state index in [1.165, 1.54) is 5.56 Å². The van der Waals surface area contributed by atoms with E-state index in [0.29, 0.717) is 32.5 Å². The van der Waals surface area contributed by atoms with Gasteiger partial charge in [-0.05, 0) is 24.8 Å². The first-order valence-corrected chi connectivity index (χ1v) is 11.0. The SMILES string of the molecule is O=C(NCc1cn2c(n1)SCC2)C1CCC(=O)N(CCCc2ccccc2)C1. The van der Waals surface area contributed by atoms with Gasteiger partial charge in [-0.3, -0.25) is 9.59 Å². The van der Waals surface area contributed by atoms with Crippen LogP contribution in [-0.2, 0) is 29.1 Å². The van der Waals surface area contributed by atoms with Gasteiger partial charge in [0.25, 0.3) is 0 Å². The van der Waals surface area contributed by atoms with Crippen molar-refractivity contribution < 1.29 is 9.59 Å². The number of nitrogens with one attached hydrogen (secondary N) is 1. The lowest BCUT2D eigenvalue weighted by atomic mass is 9.96. The highest BCUT2D eigenvalue weighted by atomic mass is 32.2. The van der Waals surface area contributed by atoms with E-state index >= 15 is 0 Å². The zero-order valence-electron chi connectivity index (χ0n) is 16.0. The summed E-state index contributed by atoms with van der Waals surface area (Å²) < 4.78 is 2.14. The van der Waals surface area contributed by atoms with E-state index in [-0.39, 0.29) is 17.7 Å². The summed E-state index contributed by atoms with van der Waals surface area (Å²) in [5, 5.41) is 4.05. The highest BCUT2D eigenvalue weighted by molar-refractivity contribution is 7.99. The third-order valence-electron chi connectivity index (χ3n) is 5.40. The van der Waals surface area contributed by atoms with Crippen molar-refractivity contribution in [3.63, 3.8) is 0 Å². The monoisotopic (exact) mass is 398 g/mol. The number of imidazole rings is 1.